The van der Waals surface area contributed by atoms with Crippen molar-refractivity contribution in [3.05, 3.63) is 34.3 Å². The zero-order valence-electron chi connectivity index (χ0n) is 10.8. The zero-order valence-corrected chi connectivity index (χ0v) is 13.2. The summed E-state index contributed by atoms with van der Waals surface area (Å²) in [5.41, 5.74) is 6.45. The summed E-state index contributed by atoms with van der Waals surface area (Å²) in [6.07, 6.45) is 0. The van der Waals surface area contributed by atoms with Crippen LogP contribution < -0.4 is 11.1 Å². The molecule has 8 heteroatoms. The minimum atomic E-state index is -0.0818. The molecule has 1 amide bonds. The van der Waals surface area contributed by atoms with E-state index >= 15 is 0 Å². The lowest BCUT2D eigenvalue weighted by molar-refractivity contribution is -0.119. The fourth-order valence-electron chi connectivity index (χ4n) is 1.64. The second-order valence-corrected chi connectivity index (χ2v) is 5.90. The maximum absolute atomic E-state index is 11.9. The van der Waals surface area contributed by atoms with Crippen molar-refractivity contribution in [1.29, 1.82) is 0 Å². The van der Waals surface area contributed by atoms with Gasteiger partial charge in [0, 0.05) is 4.47 Å². The van der Waals surface area contributed by atoms with Crippen LogP contribution in [0.4, 0.5) is 5.95 Å². The molecule has 4 N–H and O–H groups in total. The summed E-state index contributed by atoms with van der Waals surface area (Å²) in [5, 5.41) is 9.77. The minimum Gasteiger partial charge on any atom is -0.368 e. The molecule has 0 aliphatic heterocycles. The number of aromatic amines is 1. The predicted octanol–water partition coefficient (Wildman–Crippen LogP) is 2.12. The number of thioether (sulfide) groups is 1. The smallest absolute Gasteiger partial charge is 0.230 e. The van der Waals surface area contributed by atoms with E-state index in [1.807, 2.05) is 31.2 Å². The van der Waals surface area contributed by atoms with Crippen molar-refractivity contribution in [2.24, 2.45) is 0 Å². The number of carbonyl (C=O) groups is 1. The first-order chi connectivity index (χ1) is 9.56. The zero-order chi connectivity index (χ0) is 14.5. The predicted molar refractivity (Wildman–Crippen MR) is 82.2 cm³/mol. The number of nitrogens with two attached hydrogens (primary N) is 1. The summed E-state index contributed by atoms with van der Waals surface area (Å²) in [6, 6.07) is 7.72. The van der Waals surface area contributed by atoms with Crippen molar-refractivity contribution in [1.82, 2.24) is 20.5 Å². The molecule has 106 valence electrons. The van der Waals surface area contributed by atoms with Gasteiger partial charge >= 0.3 is 0 Å². The first kappa shape index (κ1) is 14.9. The van der Waals surface area contributed by atoms with E-state index in [2.05, 4.69) is 36.4 Å². The molecule has 0 saturated carbocycles. The number of H-pyrrole nitrogens is 1. The standard InChI is InChI=1S/C12H14BrN5OS/c1-7(8-4-2-3-5-9(8)13)15-10(19)6-20-12-16-11(14)17-18-12/h2-5,7H,6H2,1H3,(H,15,19)(H3,14,16,17,18)/t7-/m0/s1. The van der Waals surface area contributed by atoms with E-state index in [-0.39, 0.29) is 23.7 Å². The molecule has 1 heterocycles. The summed E-state index contributed by atoms with van der Waals surface area (Å²) in [6.45, 7) is 1.94. The summed E-state index contributed by atoms with van der Waals surface area (Å²) < 4.78 is 0.974. The molecular weight excluding hydrogens is 342 g/mol. The third-order valence-corrected chi connectivity index (χ3v) is 4.13. The van der Waals surface area contributed by atoms with Gasteiger partial charge in [-0.05, 0) is 18.6 Å². The summed E-state index contributed by atoms with van der Waals surface area (Å²) in [7, 11) is 0. The molecule has 0 radical (unpaired) electrons. The highest BCUT2D eigenvalue weighted by Gasteiger charge is 2.13. The third-order valence-electron chi connectivity index (χ3n) is 2.56. The Balaban J connectivity index is 1.87. The fourth-order valence-corrected chi connectivity index (χ4v) is 2.88. The number of nitrogens with zero attached hydrogens (tertiary/aromatic N) is 2. The summed E-state index contributed by atoms with van der Waals surface area (Å²) in [4.78, 5) is 15.8. The quantitative estimate of drug-likeness (QED) is 0.713. The van der Waals surface area contributed by atoms with Gasteiger partial charge in [0.15, 0.2) is 0 Å². The molecule has 6 nitrogen and oxygen atoms in total. The van der Waals surface area contributed by atoms with Gasteiger partial charge in [0.05, 0.1) is 11.8 Å². The molecule has 2 aromatic rings. The lowest BCUT2D eigenvalue weighted by Gasteiger charge is -2.15. The molecule has 0 bridgehead atoms. The van der Waals surface area contributed by atoms with E-state index in [9.17, 15) is 4.79 Å². The molecule has 20 heavy (non-hydrogen) atoms. The van der Waals surface area contributed by atoms with Crippen LogP contribution in [0.3, 0.4) is 0 Å². The summed E-state index contributed by atoms with van der Waals surface area (Å²) >= 11 is 4.70. The van der Waals surface area contributed by atoms with Crippen LogP contribution in [0.15, 0.2) is 33.9 Å². The van der Waals surface area contributed by atoms with Gasteiger partial charge in [-0.2, -0.15) is 4.98 Å². The lowest BCUT2D eigenvalue weighted by Crippen LogP contribution is -2.28. The molecule has 0 spiro atoms. The van der Waals surface area contributed by atoms with Crippen molar-refractivity contribution < 1.29 is 4.79 Å². The van der Waals surface area contributed by atoms with Gasteiger partial charge in [-0.15, -0.1) is 5.10 Å². The molecular formula is C12H14BrN5OS. The number of rotatable bonds is 5. The van der Waals surface area contributed by atoms with Crippen LogP contribution in [-0.2, 0) is 4.79 Å². The third kappa shape index (κ3) is 3.97. The minimum absolute atomic E-state index is 0.0733. The highest BCUT2D eigenvalue weighted by molar-refractivity contribution is 9.10. The van der Waals surface area contributed by atoms with Crippen molar-refractivity contribution in [3.8, 4) is 0 Å². The van der Waals surface area contributed by atoms with Crippen molar-refractivity contribution in [3.63, 3.8) is 0 Å². The monoisotopic (exact) mass is 355 g/mol. The van der Waals surface area contributed by atoms with Gasteiger partial charge in [-0.1, -0.05) is 45.9 Å². The number of amides is 1. The van der Waals surface area contributed by atoms with Gasteiger partial charge in [-0.3, -0.25) is 4.79 Å². The number of hydrogen-bond donors (Lipinski definition) is 3. The number of carbonyl (C=O) groups excluding carboxylic acids is 1. The highest BCUT2D eigenvalue weighted by Crippen LogP contribution is 2.23. The first-order valence-electron chi connectivity index (χ1n) is 5.90. The molecule has 0 aliphatic rings. The largest absolute Gasteiger partial charge is 0.368 e. The molecule has 1 atom stereocenters. The molecule has 2 rings (SSSR count). The van der Waals surface area contributed by atoms with Gasteiger partial charge in [0.2, 0.25) is 17.0 Å². The Morgan fingerprint density at radius 2 is 2.30 bits per heavy atom. The summed E-state index contributed by atoms with van der Waals surface area (Å²) in [5.74, 6) is 0.405. The van der Waals surface area contributed by atoms with Gasteiger partial charge < -0.3 is 11.1 Å². The van der Waals surface area contributed by atoms with Crippen LogP contribution in [0.1, 0.15) is 18.5 Å². The number of nitrogen functional groups attached to an aromatic ring is 1. The average molecular weight is 356 g/mol. The van der Waals surface area contributed by atoms with E-state index in [0.717, 1.165) is 10.0 Å². The fraction of sp³-hybridized carbons (Fsp3) is 0.250. The number of nitrogens with one attached hydrogen (secondary N) is 2. The number of benzene rings is 1. The Kier molecular flexibility index (Phi) is 5.02. The van der Waals surface area contributed by atoms with Gasteiger partial charge in [0.25, 0.3) is 0 Å². The lowest BCUT2D eigenvalue weighted by atomic mass is 10.1. The first-order valence-corrected chi connectivity index (χ1v) is 7.68. The maximum atomic E-state index is 11.9. The number of hydrogen-bond acceptors (Lipinski definition) is 5. The van der Waals surface area contributed by atoms with Crippen LogP contribution in [-0.4, -0.2) is 26.8 Å². The molecule has 1 aromatic heterocycles. The van der Waals surface area contributed by atoms with E-state index in [0.29, 0.717) is 5.16 Å². The SMILES string of the molecule is C[C@H](NC(=O)CSc1n[nH]c(N)n1)c1ccccc1Br. The molecule has 1 aromatic carbocycles. The number of anilines is 1. The Labute approximate surface area is 129 Å². The highest BCUT2D eigenvalue weighted by atomic mass is 79.9. The van der Waals surface area contributed by atoms with Crippen LogP contribution in [0.25, 0.3) is 0 Å². The van der Waals surface area contributed by atoms with Crippen molar-refractivity contribution in [2.75, 3.05) is 11.5 Å². The normalized spacial score (nSPS) is 12.1. The Morgan fingerprint density at radius 3 is 2.95 bits per heavy atom. The van der Waals surface area contributed by atoms with Gasteiger partial charge in [0.1, 0.15) is 0 Å². The van der Waals surface area contributed by atoms with Crippen molar-refractivity contribution in [2.45, 2.75) is 18.1 Å². The second kappa shape index (κ2) is 6.76. The van der Waals surface area contributed by atoms with Crippen LogP contribution in [0.5, 0.6) is 0 Å². The van der Waals surface area contributed by atoms with Gasteiger partial charge in [-0.25, -0.2) is 5.10 Å². The van der Waals surface area contributed by atoms with Crippen molar-refractivity contribution >= 4 is 39.5 Å². The maximum Gasteiger partial charge on any atom is 0.230 e. The molecule has 0 unspecified atom stereocenters. The number of aromatic nitrogens is 3. The number of halogens is 1. The molecule has 0 fully saturated rings. The Bertz CT molecular complexity index is 603. The second-order valence-electron chi connectivity index (χ2n) is 4.10. The van der Waals surface area contributed by atoms with Crippen LogP contribution >= 0.6 is 27.7 Å². The molecule has 0 saturated heterocycles. The van der Waals surface area contributed by atoms with E-state index in [4.69, 9.17) is 5.73 Å². The topological polar surface area (TPSA) is 96.7 Å². The average Bonchev–Trinajstić information content (AvgIpc) is 2.82. The van der Waals surface area contributed by atoms with E-state index < -0.39 is 0 Å². The molecule has 0 aliphatic carbocycles. The van der Waals surface area contributed by atoms with E-state index in [1.54, 1.807) is 0 Å². The Morgan fingerprint density at radius 1 is 1.55 bits per heavy atom. The van der Waals surface area contributed by atoms with Crippen LogP contribution in [0.2, 0.25) is 0 Å². The Hall–Kier alpha value is -1.54. The van der Waals surface area contributed by atoms with E-state index in [1.165, 1.54) is 11.8 Å². The van der Waals surface area contributed by atoms with Crippen LogP contribution in [0, 0.1) is 0 Å².